The quantitative estimate of drug-likeness (QED) is 0.464. The highest BCUT2D eigenvalue weighted by Gasteiger charge is 2.48. The van der Waals surface area contributed by atoms with Crippen molar-refractivity contribution in [3.05, 3.63) is 76.4 Å². The van der Waals surface area contributed by atoms with E-state index in [-0.39, 0.29) is 29.0 Å². The molecule has 4 heterocycles. The molecule has 0 N–H and O–H groups in total. The van der Waals surface area contributed by atoms with Crippen LogP contribution in [0.5, 0.6) is 0 Å². The van der Waals surface area contributed by atoms with Gasteiger partial charge in [-0.05, 0) is 72.2 Å². The van der Waals surface area contributed by atoms with Gasteiger partial charge >= 0.3 is 6.18 Å². The van der Waals surface area contributed by atoms with Crippen LogP contribution in [0.1, 0.15) is 57.7 Å². The summed E-state index contributed by atoms with van der Waals surface area (Å²) >= 11 is 0. The predicted octanol–water partition coefficient (Wildman–Crippen LogP) is 4.49. The summed E-state index contributed by atoms with van der Waals surface area (Å²) in [7, 11) is 1.89. The number of anilines is 1. The van der Waals surface area contributed by atoms with Crippen molar-refractivity contribution in [2.24, 2.45) is 12.5 Å². The zero-order valence-electron chi connectivity index (χ0n) is 21.8. The summed E-state index contributed by atoms with van der Waals surface area (Å²) in [5, 5.41) is 8.19. The minimum atomic E-state index is -4.54. The molecule has 1 saturated carbocycles. The molecule has 3 fully saturated rings. The number of benzene rings is 2. The van der Waals surface area contributed by atoms with Crippen LogP contribution in [0.25, 0.3) is 0 Å². The largest absolute Gasteiger partial charge is 0.416 e. The number of hydrogen-bond donors (Lipinski definition) is 0. The number of ether oxygens (including phenoxy) is 1. The third-order valence-corrected chi connectivity index (χ3v) is 9.12. The second kappa shape index (κ2) is 8.63. The number of rotatable bonds is 6. The Morgan fingerprint density at radius 1 is 1.10 bits per heavy atom. The van der Waals surface area contributed by atoms with Gasteiger partial charge in [0.15, 0.2) is 0 Å². The molecule has 1 spiro atoms. The Balaban J connectivity index is 1.19. The standard InChI is InChI=1S/C29H30F3N5O2/c1-35-18-33-34-25(35)12-28(16-39-17-28)20-3-2-4-21(11-20)37-14-23-22(26(37)38)9-19(10-24(23)29(30,31)32)13-36-8-7-27(15-36)5-6-27/h2-4,9-11,18H,5-8,12-17H2,1H3. The van der Waals surface area contributed by atoms with E-state index >= 15 is 0 Å². The fourth-order valence-corrected chi connectivity index (χ4v) is 6.52. The molecule has 204 valence electrons. The molecule has 7 nitrogen and oxygen atoms in total. The van der Waals surface area contributed by atoms with Crippen molar-refractivity contribution in [1.29, 1.82) is 0 Å². The molecule has 1 aromatic heterocycles. The summed E-state index contributed by atoms with van der Waals surface area (Å²) in [6.07, 6.45) is 1.25. The van der Waals surface area contributed by atoms with Crippen molar-refractivity contribution in [3.63, 3.8) is 0 Å². The normalized spacial score (nSPS) is 21.4. The average molecular weight is 538 g/mol. The van der Waals surface area contributed by atoms with Gasteiger partial charge in [0.1, 0.15) is 12.2 Å². The average Bonchev–Trinajstić information content (AvgIpc) is 3.15. The number of nitrogens with zero attached hydrogens (tertiary/aromatic N) is 5. The molecular formula is C29H30F3N5O2. The fraction of sp³-hybridized carbons (Fsp3) is 0.483. The summed E-state index contributed by atoms with van der Waals surface area (Å²) in [5.41, 5.74) is 1.68. The Morgan fingerprint density at radius 2 is 1.92 bits per heavy atom. The topological polar surface area (TPSA) is 63.5 Å². The maximum atomic E-state index is 14.2. The van der Waals surface area contributed by atoms with E-state index in [0.717, 1.165) is 30.9 Å². The number of alkyl halides is 3. The molecule has 0 atom stereocenters. The maximum Gasteiger partial charge on any atom is 0.416 e. The van der Waals surface area contributed by atoms with E-state index in [2.05, 4.69) is 15.1 Å². The zero-order chi connectivity index (χ0) is 27.0. The monoisotopic (exact) mass is 537 g/mol. The third kappa shape index (κ3) is 4.24. The lowest BCUT2D eigenvalue weighted by molar-refractivity contribution is -0.138. The highest BCUT2D eigenvalue weighted by Crippen LogP contribution is 2.53. The van der Waals surface area contributed by atoms with Gasteiger partial charge in [0.05, 0.1) is 25.3 Å². The summed E-state index contributed by atoms with van der Waals surface area (Å²) in [5.74, 6) is 0.433. The SMILES string of the molecule is Cn1cnnc1CC1(c2cccc(N3Cc4c(cc(CN5CCC6(CC6)C5)cc4C(F)(F)F)C3=O)c2)COC1. The van der Waals surface area contributed by atoms with Gasteiger partial charge in [-0.3, -0.25) is 9.69 Å². The van der Waals surface area contributed by atoms with Crippen molar-refractivity contribution in [3.8, 4) is 0 Å². The Labute approximate surface area is 224 Å². The van der Waals surface area contributed by atoms with Crippen LogP contribution in [0.2, 0.25) is 0 Å². The van der Waals surface area contributed by atoms with E-state index in [1.54, 1.807) is 18.5 Å². The van der Waals surface area contributed by atoms with E-state index < -0.39 is 11.7 Å². The predicted molar refractivity (Wildman–Crippen MR) is 137 cm³/mol. The summed E-state index contributed by atoms with van der Waals surface area (Å²) in [4.78, 5) is 17.3. The van der Waals surface area contributed by atoms with E-state index in [0.29, 0.717) is 42.8 Å². The Kier molecular flexibility index (Phi) is 5.48. The van der Waals surface area contributed by atoms with Crippen molar-refractivity contribution in [1.82, 2.24) is 19.7 Å². The van der Waals surface area contributed by atoms with Crippen LogP contribution in [0.3, 0.4) is 0 Å². The second-order valence-corrected chi connectivity index (χ2v) is 11.9. The number of fused-ring (bicyclic) bond motifs is 1. The molecule has 2 aromatic carbocycles. The van der Waals surface area contributed by atoms with Crippen LogP contribution in [0.4, 0.5) is 18.9 Å². The lowest BCUT2D eigenvalue weighted by Crippen LogP contribution is -2.49. The van der Waals surface area contributed by atoms with Gasteiger partial charge in [0.2, 0.25) is 0 Å². The minimum Gasteiger partial charge on any atom is -0.379 e. The number of halogens is 3. The molecule has 3 aromatic rings. The fourth-order valence-electron chi connectivity index (χ4n) is 6.52. The highest BCUT2D eigenvalue weighted by atomic mass is 19.4. The Bertz CT molecular complexity index is 1460. The summed E-state index contributed by atoms with van der Waals surface area (Å²) in [6, 6.07) is 10.5. The van der Waals surface area contributed by atoms with Crippen LogP contribution in [-0.2, 0) is 42.9 Å². The number of aryl methyl sites for hydroxylation is 1. The molecule has 2 saturated heterocycles. The van der Waals surface area contributed by atoms with Crippen molar-refractivity contribution < 1.29 is 22.7 Å². The van der Waals surface area contributed by atoms with Crippen LogP contribution in [0.15, 0.2) is 42.7 Å². The van der Waals surface area contributed by atoms with Crippen molar-refractivity contribution >= 4 is 11.6 Å². The first-order valence-electron chi connectivity index (χ1n) is 13.4. The Hall–Kier alpha value is -3.24. The van der Waals surface area contributed by atoms with Gasteiger partial charge in [0.25, 0.3) is 5.91 Å². The van der Waals surface area contributed by atoms with E-state index in [4.69, 9.17) is 4.74 Å². The number of amides is 1. The molecular weight excluding hydrogens is 507 g/mol. The molecule has 39 heavy (non-hydrogen) atoms. The van der Waals surface area contributed by atoms with Gasteiger partial charge in [0, 0.05) is 43.2 Å². The van der Waals surface area contributed by atoms with Crippen LogP contribution in [0, 0.1) is 5.41 Å². The Morgan fingerprint density at radius 3 is 2.56 bits per heavy atom. The molecule has 0 radical (unpaired) electrons. The van der Waals surface area contributed by atoms with Gasteiger partial charge in [-0.25, -0.2) is 0 Å². The minimum absolute atomic E-state index is 0.0579. The first-order valence-corrected chi connectivity index (χ1v) is 13.4. The first kappa shape index (κ1) is 24.8. The lowest BCUT2D eigenvalue weighted by atomic mass is 9.75. The van der Waals surface area contributed by atoms with Gasteiger partial charge in [-0.2, -0.15) is 13.2 Å². The number of hydrogen-bond acceptors (Lipinski definition) is 5. The number of carbonyl (C=O) groups excluding carboxylic acids is 1. The number of likely N-dealkylation sites (tertiary alicyclic amines) is 1. The van der Waals surface area contributed by atoms with E-state index in [1.165, 1.54) is 23.8 Å². The molecule has 7 rings (SSSR count). The molecule has 0 bridgehead atoms. The smallest absolute Gasteiger partial charge is 0.379 e. The highest BCUT2D eigenvalue weighted by molar-refractivity contribution is 6.10. The van der Waals surface area contributed by atoms with Crippen molar-refractivity contribution in [2.75, 3.05) is 31.2 Å². The van der Waals surface area contributed by atoms with Gasteiger partial charge in [-0.15, -0.1) is 10.2 Å². The molecule has 4 aliphatic rings. The summed E-state index contributed by atoms with van der Waals surface area (Å²) in [6.45, 7) is 3.15. The van der Waals surface area contributed by atoms with E-state index in [9.17, 15) is 18.0 Å². The van der Waals surface area contributed by atoms with E-state index in [1.807, 2.05) is 29.8 Å². The molecule has 1 aliphatic carbocycles. The molecule has 10 heteroatoms. The van der Waals surface area contributed by atoms with Crippen LogP contribution >= 0.6 is 0 Å². The lowest BCUT2D eigenvalue weighted by Gasteiger charge is -2.42. The zero-order valence-corrected chi connectivity index (χ0v) is 21.8. The third-order valence-electron chi connectivity index (χ3n) is 9.12. The summed E-state index contributed by atoms with van der Waals surface area (Å²) < 4.78 is 50.2. The van der Waals surface area contributed by atoms with Crippen LogP contribution in [-0.4, -0.2) is 51.9 Å². The second-order valence-electron chi connectivity index (χ2n) is 11.9. The maximum absolute atomic E-state index is 14.2. The molecule has 0 unspecified atom stereocenters. The first-order chi connectivity index (χ1) is 18.6. The van der Waals surface area contributed by atoms with Gasteiger partial charge < -0.3 is 14.2 Å². The van der Waals surface area contributed by atoms with Crippen molar-refractivity contribution in [2.45, 2.75) is 50.4 Å². The van der Waals surface area contributed by atoms with Crippen LogP contribution < -0.4 is 4.90 Å². The molecule has 1 amide bonds. The number of carbonyl (C=O) groups is 1. The number of aromatic nitrogens is 3. The molecule has 3 aliphatic heterocycles. The van der Waals surface area contributed by atoms with Gasteiger partial charge in [-0.1, -0.05) is 12.1 Å².